The molecule has 1 aromatic rings. The van der Waals surface area contributed by atoms with Crippen molar-refractivity contribution in [2.45, 2.75) is 38.3 Å². The van der Waals surface area contributed by atoms with Gasteiger partial charge in [0.15, 0.2) is 6.61 Å². The Kier molecular flexibility index (Phi) is 10.3. The fourth-order valence-electron chi connectivity index (χ4n) is 2.24. The van der Waals surface area contributed by atoms with Crippen LogP contribution in [0.5, 0.6) is 5.75 Å². The highest BCUT2D eigenvalue weighted by Crippen LogP contribution is 2.11. The number of carbonyl (C=O) groups is 2. The van der Waals surface area contributed by atoms with Gasteiger partial charge in [0, 0.05) is 6.54 Å². The fraction of sp³-hybridized carbons (Fsp3) is 0.556. The van der Waals surface area contributed by atoms with Crippen LogP contribution < -0.4 is 21.1 Å². The van der Waals surface area contributed by atoms with E-state index >= 15 is 0 Å². The number of ether oxygens (including phenoxy) is 1. The summed E-state index contributed by atoms with van der Waals surface area (Å²) in [5.74, 6) is -0.961. The molecule has 1 aromatic carbocycles. The van der Waals surface area contributed by atoms with Crippen molar-refractivity contribution in [2.75, 3.05) is 26.2 Å². The van der Waals surface area contributed by atoms with Crippen molar-refractivity contribution in [3.8, 4) is 5.75 Å². The summed E-state index contributed by atoms with van der Waals surface area (Å²) in [6.07, 6.45) is 1.71. The van der Waals surface area contributed by atoms with E-state index in [1.807, 2.05) is 19.1 Å². The van der Waals surface area contributed by atoms with Gasteiger partial charge in [-0.25, -0.2) is 4.79 Å². The Bertz CT molecular complexity index is 544. The van der Waals surface area contributed by atoms with Crippen molar-refractivity contribution in [1.82, 2.24) is 10.6 Å². The predicted molar refractivity (Wildman–Crippen MR) is 98.0 cm³/mol. The molecule has 1 fully saturated rings. The Labute approximate surface area is 153 Å². The molecule has 0 saturated carbocycles. The van der Waals surface area contributed by atoms with Gasteiger partial charge < -0.3 is 31.3 Å². The van der Waals surface area contributed by atoms with Crippen LogP contribution in [0.15, 0.2) is 24.3 Å². The second-order valence-corrected chi connectivity index (χ2v) is 6.14. The molecule has 0 aromatic heterocycles. The summed E-state index contributed by atoms with van der Waals surface area (Å²) >= 11 is 0. The van der Waals surface area contributed by atoms with Crippen LogP contribution in [-0.2, 0) is 9.59 Å². The van der Waals surface area contributed by atoms with Gasteiger partial charge in [-0.2, -0.15) is 0 Å². The molecule has 8 nitrogen and oxygen atoms in total. The predicted octanol–water partition coefficient (Wildman–Crippen LogP) is 0.0227. The van der Waals surface area contributed by atoms with Crippen LogP contribution in [0.1, 0.15) is 24.8 Å². The van der Waals surface area contributed by atoms with Gasteiger partial charge in [-0.15, -0.1) is 0 Å². The van der Waals surface area contributed by atoms with Gasteiger partial charge in [-0.05, 0) is 51.4 Å². The quantitative estimate of drug-likeness (QED) is 0.437. The summed E-state index contributed by atoms with van der Waals surface area (Å²) in [4.78, 5) is 22.6. The number of hydrogen-bond donors (Lipinski definition) is 5. The molecule has 1 saturated heterocycles. The van der Waals surface area contributed by atoms with Gasteiger partial charge in [-0.3, -0.25) is 4.79 Å². The Morgan fingerprint density at radius 2 is 2.08 bits per heavy atom. The number of β-amino-alcohol motifs (C(OH)–C–C–N with tert-alkyl or cyclic N) is 1. The summed E-state index contributed by atoms with van der Waals surface area (Å²) in [7, 11) is 0. The molecule has 0 unspecified atom stereocenters. The van der Waals surface area contributed by atoms with Crippen LogP contribution in [-0.4, -0.2) is 60.5 Å². The molecular formula is C18H29N3O5. The zero-order valence-electron chi connectivity index (χ0n) is 15.1. The summed E-state index contributed by atoms with van der Waals surface area (Å²) in [5, 5.41) is 23.1. The number of rotatable bonds is 8. The van der Waals surface area contributed by atoms with Gasteiger partial charge in [0.05, 0.1) is 6.10 Å². The number of carbonyl (C=O) groups excluding carboxylic acids is 1. The Morgan fingerprint density at radius 1 is 1.38 bits per heavy atom. The number of nitrogens with two attached hydrogens (primary N) is 1. The second-order valence-electron chi connectivity index (χ2n) is 6.14. The smallest absolute Gasteiger partial charge is 0.326 e. The summed E-state index contributed by atoms with van der Waals surface area (Å²) < 4.78 is 5.28. The van der Waals surface area contributed by atoms with Crippen molar-refractivity contribution in [3.05, 3.63) is 29.8 Å². The second kappa shape index (κ2) is 12.2. The van der Waals surface area contributed by atoms with E-state index in [1.165, 1.54) is 0 Å². The third-order valence-corrected chi connectivity index (χ3v) is 3.76. The first kappa shape index (κ1) is 21.9. The van der Waals surface area contributed by atoms with E-state index in [0.29, 0.717) is 25.1 Å². The third kappa shape index (κ3) is 9.36. The molecule has 2 rings (SSSR count). The largest absolute Gasteiger partial charge is 0.484 e. The van der Waals surface area contributed by atoms with Crippen LogP contribution in [0.2, 0.25) is 0 Å². The molecule has 26 heavy (non-hydrogen) atoms. The number of nitrogens with one attached hydrogen (secondary N) is 2. The average molecular weight is 367 g/mol. The number of aryl methyl sites for hydroxylation is 1. The lowest BCUT2D eigenvalue weighted by molar-refractivity contribution is -0.142. The zero-order valence-corrected chi connectivity index (χ0v) is 15.1. The standard InChI is InChI=1S/C14H20N2O4.C4H9NO/c1-10-4-6-11(7-5-10)20-9-13(17)16-12(14(18)19)3-2-8-15;6-4-1-2-5-3-4/h4-7,12H,2-3,8-9,15H2,1H3,(H,16,17)(H,18,19);4-6H,1-3H2/t12-;4-/m01/s1. The van der Waals surface area contributed by atoms with Crippen LogP contribution in [0.25, 0.3) is 0 Å². The summed E-state index contributed by atoms with van der Waals surface area (Å²) in [5.41, 5.74) is 6.42. The molecule has 0 aliphatic carbocycles. The number of carboxylic acid groups (broad SMARTS) is 1. The van der Waals surface area contributed by atoms with E-state index in [-0.39, 0.29) is 12.7 Å². The molecule has 1 aliphatic rings. The number of carboxylic acids is 1. The lowest BCUT2D eigenvalue weighted by Gasteiger charge is -2.14. The van der Waals surface area contributed by atoms with Gasteiger partial charge in [0.25, 0.3) is 5.91 Å². The number of benzene rings is 1. The molecule has 1 amide bonds. The molecule has 0 bridgehead atoms. The van der Waals surface area contributed by atoms with E-state index < -0.39 is 17.9 Å². The minimum Gasteiger partial charge on any atom is -0.484 e. The maximum atomic E-state index is 11.6. The first-order valence-electron chi connectivity index (χ1n) is 8.73. The van der Waals surface area contributed by atoms with E-state index in [9.17, 15) is 9.59 Å². The molecule has 1 heterocycles. The molecule has 2 atom stereocenters. The minimum absolute atomic E-state index is 0.0648. The highest BCUT2D eigenvalue weighted by molar-refractivity contribution is 5.84. The molecule has 6 N–H and O–H groups in total. The minimum atomic E-state index is -1.07. The van der Waals surface area contributed by atoms with Crippen molar-refractivity contribution >= 4 is 11.9 Å². The topological polar surface area (TPSA) is 134 Å². The van der Waals surface area contributed by atoms with Crippen molar-refractivity contribution < 1.29 is 24.5 Å². The lowest BCUT2D eigenvalue weighted by atomic mass is 10.1. The van der Waals surface area contributed by atoms with Gasteiger partial charge >= 0.3 is 5.97 Å². The highest BCUT2D eigenvalue weighted by Gasteiger charge is 2.19. The first-order chi connectivity index (χ1) is 12.4. The maximum Gasteiger partial charge on any atom is 0.326 e. The van der Waals surface area contributed by atoms with Gasteiger partial charge in [0.2, 0.25) is 0 Å². The van der Waals surface area contributed by atoms with Crippen LogP contribution in [0, 0.1) is 6.92 Å². The van der Waals surface area contributed by atoms with Crippen molar-refractivity contribution in [2.24, 2.45) is 5.73 Å². The number of aliphatic hydroxyl groups excluding tert-OH is 1. The molecule has 0 spiro atoms. The Hall–Kier alpha value is -2.16. The molecule has 146 valence electrons. The number of hydrogen-bond acceptors (Lipinski definition) is 6. The molecular weight excluding hydrogens is 338 g/mol. The summed E-state index contributed by atoms with van der Waals surface area (Å²) in [6.45, 7) is 3.90. The number of aliphatic carboxylic acids is 1. The van der Waals surface area contributed by atoms with Crippen LogP contribution in [0.4, 0.5) is 0 Å². The number of amides is 1. The highest BCUT2D eigenvalue weighted by atomic mass is 16.5. The molecule has 8 heteroatoms. The van der Waals surface area contributed by atoms with E-state index in [1.54, 1.807) is 12.1 Å². The third-order valence-electron chi connectivity index (χ3n) is 3.76. The van der Waals surface area contributed by atoms with Crippen LogP contribution in [0.3, 0.4) is 0 Å². The van der Waals surface area contributed by atoms with E-state index in [0.717, 1.165) is 25.1 Å². The normalized spacial score (nSPS) is 17.0. The zero-order chi connectivity index (χ0) is 19.4. The average Bonchev–Trinajstić information content (AvgIpc) is 3.09. The SMILES string of the molecule is Cc1ccc(OCC(=O)N[C@@H](CCCN)C(=O)O)cc1.O[C@@H]1CCNC1. The van der Waals surface area contributed by atoms with Crippen LogP contribution >= 0.6 is 0 Å². The fourth-order valence-corrected chi connectivity index (χ4v) is 2.24. The monoisotopic (exact) mass is 367 g/mol. The van der Waals surface area contributed by atoms with Crippen molar-refractivity contribution in [3.63, 3.8) is 0 Å². The maximum absolute atomic E-state index is 11.6. The first-order valence-corrected chi connectivity index (χ1v) is 8.73. The Morgan fingerprint density at radius 3 is 2.54 bits per heavy atom. The summed E-state index contributed by atoms with van der Waals surface area (Å²) in [6, 6.07) is 6.33. The van der Waals surface area contributed by atoms with E-state index in [2.05, 4.69) is 10.6 Å². The number of aliphatic hydroxyl groups is 1. The van der Waals surface area contributed by atoms with Gasteiger partial charge in [0.1, 0.15) is 11.8 Å². The lowest BCUT2D eigenvalue weighted by Crippen LogP contribution is -2.43. The molecule has 1 aliphatic heterocycles. The van der Waals surface area contributed by atoms with E-state index in [4.69, 9.17) is 20.7 Å². The van der Waals surface area contributed by atoms with Crippen molar-refractivity contribution in [1.29, 1.82) is 0 Å². The molecule has 0 radical (unpaired) electrons. The van der Waals surface area contributed by atoms with Gasteiger partial charge in [-0.1, -0.05) is 17.7 Å². The Balaban J connectivity index is 0.000000472.